The number of carbonyl (C=O) groups excluding carboxylic acids is 2. The van der Waals surface area contributed by atoms with Gasteiger partial charge in [-0.05, 0) is 45.0 Å². The molecular weight excluding hydrogens is 360 g/mol. The highest BCUT2D eigenvalue weighted by Crippen LogP contribution is 2.16. The number of quaternary nitrogens is 2. The SMILES string of the molecule is COc1ccc(OCC[NH+]2CC[NH+](CC(=O)NC(=O)NC(C)(C)C)CC2)cc1. The fourth-order valence-corrected chi connectivity index (χ4v) is 3.14. The Bertz CT molecular complexity index is 635. The van der Waals surface area contributed by atoms with Gasteiger partial charge in [-0.1, -0.05) is 0 Å². The van der Waals surface area contributed by atoms with Crippen LogP contribution in [0, 0.1) is 0 Å². The highest BCUT2D eigenvalue weighted by Gasteiger charge is 2.25. The molecule has 0 bridgehead atoms. The van der Waals surface area contributed by atoms with Crippen molar-refractivity contribution in [3.05, 3.63) is 24.3 Å². The summed E-state index contributed by atoms with van der Waals surface area (Å²) in [7, 11) is 1.64. The first-order valence-corrected chi connectivity index (χ1v) is 9.81. The maximum atomic E-state index is 12.0. The van der Waals surface area contributed by atoms with Gasteiger partial charge in [0.15, 0.2) is 6.54 Å². The molecule has 3 amide bonds. The van der Waals surface area contributed by atoms with Crippen molar-refractivity contribution in [2.24, 2.45) is 0 Å². The van der Waals surface area contributed by atoms with Crippen molar-refractivity contribution in [2.75, 3.05) is 53.0 Å². The second-order valence-electron chi connectivity index (χ2n) is 8.20. The summed E-state index contributed by atoms with van der Waals surface area (Å²) in [4.78, 5) is 26.5. The van der Waals surface area contributed by atoms with Gasteiger partial charge in [0.25, 0.3) is 5.91 Å². The van der Waals surface area contributed by atoms with Crippen LogP contribution in [0.4, 0.5) is 4.79 Å². The standard InChI is InChI=1S/C20H32N4O4/c1-20(2,3)22-19(26)21-18(25)15-24-11-9-23(10-12-24)13-14-28-17-7-5-16(27-4)6-8-17/h5-8H,9-15H2,1-4H3,(H2,21,22,25,26)/p+2. The molecular formula is C20H34N4O4+2. The average Bonchev–Trinajstić information content (AvgIpc) is 2.62. The molecule has 1 aromatic carbocycles. The van der Waals surface area contributed by atoms with E-state index in [2.05, 4.69) is 10.6 Å². The summed E-state index contributed by atoms with van der Waals surface area (Å²) in [6, 6.07) is 7.15. The van der Waals surface area contributed by atoms with E-state index in [0.29, 0.717) is 13.2 Å². The fourth-order valence-electron chi connectivity index (χ4n) is 3.14. The first kappa shape index (κ1) is 22.0. The Morgan fingerprint density at radius 3 is 2.14 bits per heavy atom. The van der Waals surface area contributed by atoms with Gasteiger partial charge in [0.2, 0.25) is 0 Å². The summed E-state index contributed by atoms with van der Waals surface area (Å²) >= 11 is 0. The van der Waals surface area contributed by atoms with Gasteiger partial charge in [-0.2, -0.15) is 0 Å². The third-order valence-electron chi connectivity index (χ3n) is 4.60. The predicted molar refractivity (Wildman–Crippen MR) is 106 cm³/mol. The van der Waals surface area contributed by atoms with Crippen molar-refractivity contribution in [1.82, 2.24) is 10.6 Å². The third kappa shape index (κ3) is 8.14. The largest absolute Gasteiger partial charge is 0.497 e. The minimum Gasteiger partial charge on any atom is -0.497 e. The van der Waals surface area contributed by atoms with Crippen LogP contribution in [-0.2, 0) is 4.79 Å². The number of imide groups is 1. The van der Waals surface area contributed by atoms with E-state index in [1.165, 1.54) is 9.80 Å². The molecule has 0 saturated carbocycles. The van der Waals surface area contributed by atoms with Crippen molar-refractivity contribution in [3.63, 3.8) is 0 Å². The van der Waals surface area contributed by atoms with Crippen LogP contribution in [0.25, 0.3) is 0 Å². The maximum absolute atomic E-state index is 12.0. The molecule has 1 fully saturated rings. The molecule has 1 saturated heterocycles. The summed E-state index contributed by atoms with van der Waals surface area (Å²) in [5.74, 6) is 1.43. The number of methoxy groups -OCH3 is 1. The lowest BCUT2D eigenvalue weighted by Crippen LogP contribution is -3.28. The van der Waals surface area contributed by atoms with Gasteiger partial charge < -0.3 is 24.6 Å². The monoisotopic (exact) mass is 394 g/mol. The number of hydrogen-bond donors (Lipinski definition) is 4. The van der Waals surface area contributed by atoms with E-state index in [1.54, 1.807) is 7.11 Å². The van der Waals surface area contributed by atoms with E-state index in [4.69, 9.17) is 9.47 Å². The van der Waals surface area contributed by atoms with Crippen LogP contribution in [0.3, 0.4) is 0 Å². The summed E-state index contributed by atoms with van der Waals surface area (Å²) in [5, 5.41) is 5.14. The first-order chi connectivity index (χ1) is 13.2. The molecule has 0 atom stereocenters. The lowest BCUT2D eigenvalue weighted by atomic mass is 10.1. The summed E-state index contributed by atoms with van der Waals surface area (Å²) in [6.07, 6.45) is 0. The number of rotatable bonds is 7. The Kier molecular flexibility index (Phi) is 8.07. The van der Waals surface area contributed by atoms with E-state index in [1.807, 2.05) is 45.0 Å². The Morgan fingerprint density at radius 2 is 1.57 bits per heavy atom. The molecule has 0 unspecified atom stereocenters. The zero-order valence-corrected chi connectivity index (χ0v) is 17.4. The van der Waals surface area contributed by atoms with Crippen LogP contribution < -0.4 is 29.9 Å². The Morgan fingerprint density at radius 1 is 1.00 bits per heavy atom. The molecule has 8 nitrogen and oxygen atoms in total. The van der Waals surface area contributed by atoms with Crippen LogP contribution in [-0.4, -0.2) is 70.5 Å². The summed E-state index contributed by atoms with van der Waals surface area (Å²) < 4.78 is 10.9. The first-order valence-electron chi connectivity index (χ1n) is 9.81. The van der Waals surface area contributed by atoms with E-state index in [9.17, 15) is 9.59 Å². The zero-order valence-electron chi connectivity index (χ0n) is 17.4. The topological polar surface area (TPSA) is 85.5 Å². The average molecular weight is 395 g/mol. The minimum absolute atomic E-state index is 0.233. The lowest BCUT2D eigenvalue weighted by molar-refractivity contribution is -1.01. The number of amides is 3. The molecule has 1 aliphatic rings. The number of hydrogen-bond acceptors (Lipinski definition) is 4. The van der Waals surface area contributed by atoms with E-state index < -0.39 is 6.03 Å². The van der Waals surface area contributed by atoms with Gasteiger partial charge >= 0.3 is 6.03 Å². The molecule has 1 aromatic rings. The van der Waals surface area contributed by atoms with Crippen molar-refractivity contribution < 1.29 is 28.9 Å². The normalized spacial score (nSPS) is 19.6. The third-order valence-corrected chi connectivity index (χ3v) is 4.60. The van der Waals surface area contributed by atoms with Crippen molar-refractivity contribution in [1.29, 1.82) is 0 Å². The van der Waals surface area contributed by atoms with Crippen molar-refractivity contribution in [2.45, 2.75) is 26.3 Å². The van der Waals surface area contributed by atoms with Crippen LogP contribution >= 0.6 is 0 Å². The fraction of sp³-hybridized carbons (Fsp3) is 0.600. The molecule has 0 aromatic heterocycles. The second-order valence-corrected chi connectivity index (χ2v) is 8.20. The molecule has 156 valence electrons. The molecule has 2 rings (SSSR count). The molecule has 4 N–H and O–H groups in total. The van der Waals surface area contributed by atoms with Gasteiger partial charge in [0.1, 0.15) is 50.8 Å². The molecule has 8 heteroatoms. The zero-order chi connectivity index (χ0) is 20.6. The minimum atomic E-state index is -0.433. The van der Waals surface area contributed by atoms with Crippen molar-refractivity contribution >= 4 is 11.9 Å². The quantitative estimate of drug-likeness (QED) is 0.453. The summed E-state index contributed by atoms with van der Waals surface area (Å²) in [5.41, 5.74) is -0.361. The highest BCUT2D eigenvalue weighted by atomic mass is 16.5. The Hall–Kier alpha value is -2.32. The van der Waals surface area contributed by atoms with E-state index in [-0.39, 0.29) is 11.4 Å². The molecule has 0 spiro atoms. The van der Waals surface area contributed by atoms with Gasteiger partial charge in [-0.3, -0.25) is 10.1 Å². The predicted octanol–water partition coefficient (Wildman–Crippen LogP) is -1.52. The second kappa shape index (κ2) is 10.3. The number of urea groups is 1. The van der Waals surface area contributed by atoms with Crippen LogP contribution in [0.5, 0.6) is 11.5 Å². The van der Waals surface area contributed by atoms with E-state index >= 15 is 0 Å². The van der Waals surface area contributed by atoms with Gasteiger partial charge in [0.05, 0.1) is 7.11 Å². The number of ether oxygens (including phenoxy) is 2. The van der Waals surface area contributed by atoms with Crippen LogP contribution in [0.15, 0.2) is 24.3 Å². The van der Waals surface area contributed by atoms with Crippen LogP contribution in [0.1, 0.15) is 20.8 Å². The van der Waals surface area contributed by atoms with Gasteiger partial charge in [-0.15, -0.1) is 0 Å². The molecule has 1 heterocycles. The van der Waals surface area contributed by atoms with Crippen LogP contribution in [0.2, 0.25) is 0 Å². The lowest BCUT2D eigenvalue weighted by Gasteiger charge is -2.29. The smallest absolute Gasteiger partial charge is 0.322 e. The van der Waals surface area contributed by atoms with Crippen molar-refractivity contribution in [3.8, 4) is 11.5 Å². The summed E-state index contributed by atoms with van der Waals surface area (Å²) in [6.45, 7) is 11.3. The highest BCUT2D eigenvalue weighted by molar-refractivity contribution is 5.94. The molecule has 28 heavy (non-hydrogen) atoms. The number of carbonyl (C=O) groups is 2. The molecule has 0 radical (unpaired) electrons. The van der Waals surface area contributed by atoms with Gasteiger partial charge in [-0.25, -0.2) is 4.79 Å². The number of nitrogens with one attached hydrogen (secondary N) is 4. The molecule has 1 aliphatic heterocycles. The number of benzene rings is 1. The van der Waals surface area contributed by atoms with E-state index in [0.717, 1.165) is 44.2 Å². The maximum Gasteiger partial charge on any atom is 0.322 e. The Labute approximate surface area is 167 Å². The Balaban J connectivity index is 1.61. The molecule has 0 aliphatic carbocycles. The number of piperazine rings is 1. The van der Waals surface area contributed by atoms with Gasteiger partial charge in [0, 0.05) is 5.54 Å².